The van der Waals surface area contributed by atoms with E-state index in [0.717, 1.165) is 36.1 Å². The first kappa shape index (κ1) is 18.8. The van der Waals surface area contributed by atoms with Crippen LogP contribution in [0, 0.1) is 6.92 Å². The molecule has 0 fully saturated rings. The van der Waals surface area contributed by atoms with Gasteiger partial charge in [-0.2, -0.15) is 0 Å². The summed E-state index contributed by atoms with van der Waals surface area (Å²) in [5.41, 5.74) is 4.17. The zero-order valence-corrected chi connectivity index (χ0v) is 16.0. The monoisotopic (exact) mass is 363 g/mol. The SMILES string of the molecule is CCC[C@H](Cc1nc(-c2ccc(O)c(OC)c2)ncc1C)c1cccnc1. The molecule has 3 aromatic rings. The van der Waals surface area contributed by atoms with Crippen LogP contribution in [0.1, 0.15) is 42.5 Å². The van der Waals surface area contributed by atoms with Gasteiger partial charge in [-0.15, -0.1) is 0 Å². The molecule has 1 aromatic carbocycles. The first-order valence-electron chi connectivity index (χ1n) is 9.22. The molecule has 2 aromatic heterocycles. The van der Waals surface area contributed by atoms with Crippen LogP contribution in [0.5, 0.6) is 11.5 Å². The minimum atomic E-state index is 0.105. The molecular formula is C22H25N3O2. The van der Waals surface area contributed by atoms with Gasteiger partial charge in [-0.1, -0.05) is 19.4 Å². The summed E-state index contributed by atoms with van der Waals surface area (Å²) in [6, 6.07) is 9.28. The molecule has 0 aliphatic rings. The molecule has 0 saturated carbocycles. The third-order valence-electron chi connectivity index (χ3n) is 4.75. The van der Waals surface area contributed by atoms with Gasteiger partial charge in [-0.3, -0.25) is 4.98 Å². The lowest BCUT2D eigenvalue weighted by Crippen LogP contribution is -2.08. The van der Waals surface area contributed by atoms with Crippen molar-refractivity contribution in [2.24, 2.45) is 0 Å². The molecule has 0 bridgehead atoms. The highest BCUT2D eigenvalue weighted by atomic mass is 16.5. The van der Waals surface area contributed by atoms with Gasteiger partial charge < -0.3 is 9.84 Å². The Morgan fingerprint density at radius 2 is 2.04 bits per heavy atom. The van der Waals surface area contributed by atoms with Crippen LogP contribution < -0.4 is 4.74 Å². The summed E-state index contributed by atoms with van der Waals surface area (Å²) in [4.78, 5) is 13.6. The third-order valence-corrected chi connectivity index (χ3v) is 4.75. The van der Waals surface area contributed by atoms with E-state index in [9.17, 15) is 5.11 Å². The van der Waals surface area contributed by atoms with E-state index in [1.165, 1.54) is 12.7 Å². The second kappa shape index (κ2) is 8.62. The standard InChI is InChI=1S/C22H25N3O2/c1-4-6-16(18-7-5-10-23-14-18)11-19-15(2)13-24-22(25-19)17-8-9-20(26)21(12-17)27-3/h5,7-10,12-14,16,26H,4,6,11H2,1-3H3/t16-/m1/s1. The highest BCUT2D eigenvalue weighted by Crippen LogP contribution is 2.31. The van der Waals surface area contributed by atoms with Crippen LogP contribution in [0.3, 0.4) is 0 Å². The lowest BCUT2D eigenvalue weighted by Gasteiger charge is -2.17. The van der Waals surface area contributed by atoms with Crippen molar-refractivity contribution in [1.29, 1.82) is 0 Å². The summed E-state index contributed by atoms with van der Waals surface area (Å²) in [6.07, 6.45) is 8.64. The predicted octanol–water partition coefficient (Wildman–Crippen LogP) is 4.69. The minimum absolute atomic E-state index is 0.105. The van der Waals surface area contributed by atoms with Gasteiger partial charge in [0.25, 0.3) is 0 Å². The van der Waals surface area contributed by atoms with Gasteiger partial charge in [-0.05, 0) is 61.1 Å². The molecule has 27 heavy (non-hydrogen) atoms. The molecule has 2 heterocycles. The number of aryl methyl sites for hydroxylation is 1. The van der Waals surface area contributed by atoms with Crippen molar-refractivity contribution in [3.63, 3.8) is 0 Å². The number of hydrogen-bond donors (Lipinski definition) is 1. The number of aromatic nitrogens is 3. The fourth-order valence-electron chi connectivity index (χ4n) is 3.23. The number of phenols is 1. The van der Waals surface area contributed by atoms with Crippen molar-refractivity contribution in [3.8, 4) is 22.9 Å². The molecule has 5 nitrogen and oxygen atoms in total. The maximum absolute atomic E-state index is 9.81. The molecule has 0 unspecified atom stereocenters. The normalized spacial score (nSPS) is 12.0. The highest BCUT2D eigenvalue weighted by molar-refractivity contribution is 5.61. The van der Waals surface area contributed by atoms with Crippen molar-refractivity contribution in [2.45, 2.75) is 39.0 Å². The number of nitrogens with zero attached hydrogens (tertiary/aromatic N) is 3. The second-order valence-electron chi connectivity index (χ2n) is 6.69. The summed E-state index contributed by atoms with van der Waals surface area (Å²) >= 11 is 0. The van der Waals surface area contributed by atoms with E-state index in [4.69, 9.17) is 9.72 Å². The second-order valence-corrected chi connectivity index (χ2v) is 6.69. The van der Waals surface area contributed by atoms with Crippen molar-refractivity contribution in [1.82, 2.24) is 15.0 Å². The summed E-state index contributed by atoms with van der Waals surface area (Å²) in [5.74, 6) is 1.53. The van der Waals surface area contributed by atoms with Gasteiger partial charge in [0, 0.05) is 29.8 Å². The Bertz CT molecular complexity index is 897. The number of rotatable bonds is 7. The van der Waals surface area contributed by atoms with Crippen LogP contribution in [-0.4, -0.2) is 27.2 Å². The van der Waals surface area contributed by atoms with E-state index >= 15 is 0 Å². The summed E-state index contributed by atoms with van der Waals surface area (Å²) < 4.78 is 5.20. The number of hydrogen-bond acceptors (Lipinski definition) is 5. The largest absolute Gasteiger partial charge is 0.504 e. The van der Waals surface area contributed by atoms with E-state index in [2.05, 4.69) is 23.0 Å². The van der Waals surface area contributed by atoms with Crippen LogP contribution in [-0.2, 0) is 6.42 Å². The molecule has 1 N–H and O–H groups in total. The Balaban J connectivity index is 1.93. The average molecular weight is 363 g/mol. The molecule has 0 aliphatic heterocycles. The molecule has 0 spiro atoms. The van der Waals surface area contributed by atoms with E-state index in [1.54, 1.807) is 24.4 Å². The van der Waals surface area contributed by atoms with Crippen LogP contribution in [0.2, 0.25) is 0 Å². The van der Waals surface area contributed by atoms with Gasteiger partial charge in [0.2, 0.25) is 0 Å². The molecule has 140 valence electrons. The number of phenolic OH excluding ortho intramolecular Hbond substituents is 1. The summed E-state index contributed by atoms with van der Waals surface area (Å²) in [6.45, 7) is 4.24. The van der Waals surface area contributed by atoms with E-state index < -0.39 is 0 Å². The molecule has 0 aliphatic carbocycles. The fourth-order valence-corrected chi connectivity index (χ4v) is 3.23. The summed E-state index contributed by atoms with van der Waals surface area (Å²) in [5, 5.41) is 9.81. The molecule has 1 atom stereocenters. The third kappa shape index (κ3) is 4.42. The van der Waals surface area contributed by atoms with Crippen molar-refractivity contribution < 1.29 is 9.84 Å². The predicted molar refractivity (Wildman–Crippen MR) is 106 cm³/mol. The molecule has 3 rings (SSSR count). The van der Waals surface area contributed by atoms with Crippen LogP contribution in [0.25, 0.3) is 11.4 Å². The van der Waals surface area contributed by atoms with Crippen molar-refractivity contribution in [3.05, 3.63) is 65.7 Å². The molecular weight excluding hydrogens is 338 g/mol. The van der Waals surface area contributed by atoms with Crippen LogP contribution in [0.15, 0.2) is 48.9 Å². The molecule has 0 saturated heterocycles. The Morgan fingerprint density at radius 3 is 2.74 bits per heavy atom. The number of pyridine rings is 1. The first-order valence-corrected chi connectivity index (χ1v) is 9.22. The van der Waals surface area contributed by atoms with Gasteiger partial charge in [0.05, 0.1) is 7.11 Å². The quantitative estimate of drug-likeness (QED) is 0.660. The highest BCUT2D eigenvalue weighted by Gasteiger charge is 2.16. The maximum atomic E-state index is 9.81. The molecule has 5 heteroatoms. The van der Waals surface area contributed by atoms with Gasteiger partial charge in [-0.25, -0.2) is 9.97 Å². The lowest BCUT2D eigenvalue weighted by molar-refractivity contribution is 0.373. The minimum Gasteiger partial charge on any atom is -0.504 e. The number of aromatic hydroxyl groups is 1. The fraction of sp³-hybridized carbons (Fsp3) is 0.318. The lowest BCUT2D eigenvalue weighted by atomic mass is 9.90. The average Bonchev–Trinajstić information content (AvgIpc) is 2.70. The zero-order valence-electron chi connectivity index (χ0n) is 16.0. The van der Waals surface area contributed by atoms with Gasteiger partial charge in [0.1, 0.15) is 0 Å². The van der Waals surface area contributed by atoms with Crippen molar-refractivity contribution in [2.75, 3.05) is 7.11 Å². The van der Waals surface area contributed by atoms with E-state index in [1.807, 2.05) is 25.4 Å². The first-order chi connectivity index (χ1) is 13.1. The summed E-state index contributed by atoms with van der Waals surface area (Å²) in [7, 11) is 1.53. The molecule has 0 amide bonds. The van der Waals surface area contributed by atoms with Gasteiger partial charge in [0.15, 0.2) is 17.3 Å². The number of methoxy groups -OCH3 is 1. The van der Waals surface area contributed by atoms with E-state index in [0.29, 0.717) is 17.5 Å². The molecule has 0 radical (unpaired) electrons. The number of benzene rings is 1. The smallest absolute Gasteiger partial charge is 0.161 e. The van der Waals surface area contributed by atoms with Crippen LogP contribution >= 0.6 is 0 Å². The van der Waals surface area contributed by atoms with E-state index in [-0.39, 0.29) is 5.75 Å². The topological polar surface area (TPSA) is 68.1 Å². The Kier molecular flexibility index (Phi) is 6.01. The Hall–Kier alpha value is -2.95. The number of ether oxygens (including phenoxy) is 1. The van der Waals surface area contributed by atoms with Gasteiger partial charge >= 0.3 is 0 Å². The van der Waals surface area contributed by atoms with Crippen molar-refractivity contribution >= 4 is 0 Å². The maximum Gasteiger partial charge on any atom is 0.161 e. The van der Waals surface area contributed by atoms with Crippen LogP contribution in [0.4, 0.5) is 0 Å². The zero-order chi connectivity index (χ0) is 19.2. The Labute approximate surface area is 160 Å². The Morgan fingerprint density at radius 1 is 1.19 bits per heavy atom.